The predicted molar refractivity (Wildman–Crippen MR) is 105 cm³/mol. The quantitative estimate of drug-likeness (QED) is 0.638. The molecule has 7 heteroatoms. The van der Waals surface area contributed by atoms with E-state index in [1.165, 1.54) is 0 Å². The number of para-hydroxylation sites is 1. The van der Waals surface area contributed by atoms with Crippen molar-refractivity contribution in [3.05, 3.63) is 41.5 Å². The van der Waals surface area contributed by atoms with E-state index in [2.05, 4.69) is 16.0 Å². The molecular formula is C20H29N3O4. The zero-order valence-corrected chi connectivity index (χ0v) is 16.6. The first-order chi connectivity index (χ1) is 12.6. The molecule has 0 bridgehead atoms. The highest BCUT2D eigenvalue weighted by molar-refractivity contribution is 5.94. The fourth-order valence-electron chi connectivity index (χ4n) is 2.02. The molecule has 27 heavy (non-hydrogen) atoms. The lowest BCUT2D eigenvalue weighted by molar-refractivity contribution is -0.117. The maximum atomic E-state index is 12.1. The van der Waals surface area contributed by atoms with Crippen LogP contribution in [-0.2, 0) is 20.9 Å². The lowest BCUT2D eigenvalue weighted by Gasteiger charge is -2.19. The molecule has 0 saturated carbocycles. The zero-order chi connectivity index (χ0) is 20.4. The Labute approximate surface area is 160 Å². The third-order valence-corrected chi connectivity index (χ3v) is 3.47. The van der Waals surface area contributed by atoms with Crippen molar-refractivity contribution in [2.45, 2.75) is 53.2 Å². The van der Waals surface area contributed by atoms with Crippen molar-refractivity contribution in [3.63, 3.8) is 0 Å². The van der Waals surface area contributed by atoms with Crippen molar-refractivity contribution >= 4 is 23.6 Å². The molecule has 1 rings (SSSR count). The summed E-state index contributed by atoms with van der Waals surface area (Å²) in [5, 5.41) is 7.93. The Bertz CT molecular complexity index is 705. The monoisotopic (exact) mass is 375 g/mol. The average molecular weight is 375 g/mol. The van der Waals surface area contributed by atoms with Gasteiger partial charge in [0.1, 0.15) is 12.1 Å². The summed E-state index contributed by atoms with van der Waals surface area (Å²) >= 11 is 0. The highest BCUT2D eigenvalue weighted by Crippen LogP contribution is 2.14. The summed E-state index contributed by atoms with van der Waals surface area (Å²) in [6.45, 7) is 9.17. The zero-order valence-electron chi connectivity index (χ0n) is 16.6. The summed E-state index contributed by atoms with van der Waals surface area (Å²) in [5.41, 5.74) is 1.70. The molecule has 1 aromatic carbocycles. The highest BCUT2D eigenvalue weighted by Gasteiger charge is 2.16. The van der Waals surface area contributed by atoms with Crippen molar-refractivity contribution in [3.8, 4) is 0 Å². The van der Waals surface area contributed by atoms with E-state index >= 15 is 0 Å². The SMILES string of the molecule is CC/C(C)=C/C(=O)NCc1ccccc1NC(=O)CNC(=O)OC(C)(C)C. The van der Waals surface area contributed by atoms with Gasteiger partial charge in [-0.15, -0.1) is 0 Å². The second-order valence-corrected chi connectivity index (χ2v) is 7.12. The van der Waals surface area contributed by atoms with E-state index in [0.29, 0.717) is 5.69 Å². The first-order valence-electron chi connectivity index (χ1n) is 8.90. The number of carbonyl (C=O) groups excluding carboxylic acids is 3. The number of carbonyl (C=O) groups is 3. The first-order valence-corrected chi connectivity index (χ1v) is 8.90. The van der Waals surface area contributed by atoms with E-state index in [-0.39, 0.29) is 24.9 Å². The van der Waals surface area contributed by atoms with Crippen LogP contribution in [0.5, 0.6) is 0 Å². The number of benzene rings is 1. The number of amides is 3. The molecule has 1 aromatic rings. The summed E-state index contributed by atoms with van der Waals surface area (Å²) < 4.78 is 5.08. The number of nitrogens with one attached hydrogen (secondary N) is 3. The lowest BCUT2D eigenvalue weighted by Crippen LogP contribution is -2.37. The molecule has 0 unspecified atom stereocenters. The van der Waals surface area contributed by atoms with Gasteiger partial charge in [0.2, 0.25) is 11.8 Å². The number of hydrogen-bond acceptors (Lipinski definition) is 4. The Balaban J connectivity index is 2.59. The second-order valence-electron chi connectivity index (χ2n) is 7.12. The number of alkyl carbamates (subject to hydrolysis) is 1. The van der Waals surface area contributed by atoms with Gasteiger partial charge in [0.25, 0.3) is 0 Å². The van der Waals surface area contributed by atoms with Crippen LogP contribution in [0.2, 0.25) is 0 Å². The summed E-state index contributed by atoms with van der Waals surface area (Å²) in [6.07, 6.45) is 1.72. The molecule has 0 spiro atoms. The van der Waals surface area contributed by atoms with Gasteiger partial charge in [0.05, 0.1) is 0 Å². The molecule has 0 aliphatic rings. The van der Waals surface area contributed by atoms with Crippen molar-refractivity contribution < 1.29 is 19.1 Å². The molecule has 0 atom stereocenters. The molecule has 0 aliphatic heterocycles. The van der Waals surface area contributed by atoms with E-state index in [1.54, 1.807) is 39.0 Å². The summed E-state index contributed by atoms with van der Waals surface area (Å²) in [6, 6.07) is 7.15. The molecule has 0 heterocycles. The van der Waals surface area contributed by atoms with Crippen LogP contribution in [0.15, 0.2) is 35.9 Å². The molecule has 3 N–H and O–H groups in total. The average Bonchev–Trinajstić information content (AvgIpc) is 2.57. The highest BCUT2D eigenvalue weighted by atomic mass is 16.6. The predicted octanol–water partition coefficient (Wildman–Crippen LogP) is 3.12. The van der Waals surface area contributed by atoms with Gasteiger partial charge in [-0.05, 0) is 45.7 Å². The topological polar surface area (TPSA) is 96.5 Å². The number of ether oxygens (including phenoxy) is 1. The van der Waals surface area contributed by atoms with Gasteiger partial charge in [-0.2, -0.15) is 0 Å². The molecule has 148 valence electrons. The molecule has 0 aliphatic carbocycles. The van der Waals surface area contributed by atoms with Crippen LogP contribution >= 0.6 is 0 Å². The van der Waals surface area contributed by atoms with Gasteiger partial charge in [-0.3, -0.25) is 9.59 Å². The number of hydrogen-bond donors (Lipinski definition) is 3. The van der Waals surface area contributed by atoms with Gasteiger partial charge >= 0.3 is 6.09 Å². The third-order valence-electron chi connectivity index (χ3n) is 3.47. The first kappa shape index (κ1) is 22.2. The third kappa shape index (κ3) is 9.44. The van der Waals surface area contributed by atoms with Gasteiger partial charge in [-0.25, -0.2) is 4.79 Å². The van der Waals surface area contributed by atoms with Crippen molar-refractivity contribution in [2.75, 3.05) is 11.9 Å². The molecule has 7 nitrogen and oxygen atoms in total. The summed E-state index contributed by atoms with van der Waals surface area (Å²) in [5.74, 6) is -0.566. The normalized spacial score (nSPS) is 11.5. The van der Waals surface area contributed by atoms with Crippen LogP contribution in [0.1, 0.15) is 46.6 Å². The minimum absolute atomic E-state index is 0.179. The standard InChI is InChI=1S/C20H29N3O4/c1-6-14(2)11-17(24)21-12-15-9-7-8-10-16(15)23-18(25)13-22-19(26)27-20(3,4)5/h7-11H,6,12-13H2,1-5H3,(H,21,24)(H,22,26)(H,23,25)/b14-11+. The van der Waals surface area contributed by atoms with E-state index < -0.39 is 11.7 Å². The minimum Gasteiger partial charge on any atom is -0.444 e. The molecule has 0 fully saturated rings. The number of allylic oxidation sites excluding steroid dienone is 1. The fourth-order valence-corrected chi connectivity index (χ4v) is 2.02. The van der Waals surface area contributed by atoms with Crippen molar-refractivity contribution in [1.82, 2.24) is 10.6 Å². The van der Waals surface area contributed by atoms with Gasteiger partial charge in [0.15, 0.2) is 0 Å². The summed E-state index contributed by atoms with van der Waals surface area (Å²) in [4.78, 5) is 35.6. The van der Waals surface area contributed by atoms with Crippen LogP contribution < -0.4 is 16.0 Å². The molecule has 0 radical (unpaired) electrons. The lowest BCUT2D eigenvalue weighted by atomic mass is 10.1. The Morgan fingerprint density at radius 1 is 1.11 bits per heavy atom. The van der Waals surface area contributed by atoms with E-state index in [0.717, 1.165) is 17.6 Å². The second kappa shape index (κ2) is 10.4. The fraction of sp³-hybridized carbons (Fsp3) is 0.450. The molecule has 0 aromatic heterocycles. The Kier molecular flexibility index (Phi) is 8.51. The van der Waals surface area contributed by atoms with E-state index in [1.807, 2.05) is 26.0 Å². The number of rotatable bonds is 7. The maximum Gasteiger partial charge on any atom is 0.408 e. The van der Waals surface area contributed by atoms with Crippen molar-refractivity contribution in [1.29, 1.82) is 0 Å². The van der Waals surface area contributed by atoms with Crippen LogP contribution in [0, 0.1) is 0 Å². The van der Waals surface area contributed by atoms with E-state index in [4.69, 9.17) is 4.74 Å². The van der Waals surface area contributed by atoms with Crippen LogP contribution in [-0.4, -0.2) is 30.1 Å². The molecule has 3 amide bonds. The molecule has 0 saturated heterocycles. The van der Waals surface area contributed by atoms with Gasteiger partial charge < -0.3 is 20.7 Å². The van der Waals surface area contributed by atoms with E-state index in [9.17, 15) is 14.4 Å². The van der Waals surface area contributed by atoms with Crippen molar-refractivity contribution in [2.24, 2.45) is 0 Å². The molecular weight excluding hydrogens is 346 g/mol. The number of anilines is 1. The van der Waals surface area contributed by atoms with Crippen LogP contribution in [0.3, 0.4) is 0 Å². The minimum atomic E-state index is -0.656. The van der Waals surface area contributed by atoms with Gasteiger partial charge in [0, 0.05) is 18.3 Å². The largest absolute Gasteiger partial charge is 0.444 e. The van der Waals surface area contributed by atoms with Gasteiger partial charge in [-0.1, -0.05) is 30.7 Å². The van der Waals surface area contributed by atoms with Crippen LogP contribution in [0.25, 0.3) is 0 Å². The Morgan fingerprint density at radius 3 is 2.41 bits per heavy atom. The Hall–Kier alpha value is -2.83. The maximum absolute atomic E-state index is 12.1. The Morgan fingerprint density at radius 2 is 1.78 bits per heavy atom. The smallest absolute Gasteiger partial charge is 0.408 e. The van der Waals surface area contributed by atoms with Crippen LogP contribution in [0.4, 0.5) is 10.5 Å². The summed E-state index contributed by atoms with van der Waals surface area (Å²) in [7, 11) is 0.